The molecule has 0 bridgehead atoms. The number of hydrogen-bond donors (Lipinski definition) is 2. The van der Waals surface area contributed by atoms with Gasteiger partial charge in [0.15, 0.2) is 0 Å². The Morgan fingerprint density at radius 3 is 2.54 bits per heavy atom. The van der Waals surface area contributed by atoms with Crippen molar-refractivity contribution in [2.75, 3.05) is 39.3 Å². The van der Waals surface area contributed by atoms with Crippen molar-refractivity contribution in [1.82, 2.24) is 10.2 Å². The number of piperazine rings is 1. The van der Waals surface area contributed by atoms with Crippen molar-refractivity contribution in [2.45, 2.75) is 12.8 Å². The summed E-state index contributed by atoms with van der Waals surface area (Å²) in [6, 6.07) is 0. The van der Waals surface area contributed by atoms with E-state index in [1.54, 1.807) is 0 Å². The van der Waals surface area contributed by atoms with Crippen LogP contribution in [0.1, 0.15) is 12.8 Å². The first-order valence-corrected chi connectivity index (χ1v) is 5.53. The second kappa shape index (κ2) is 4.40. The first-order chi connectivity index (χ1) is 6.40. The zero-order chi connectivity index (χ0) is 9.10. The van der Waals surface area contributed by atoms with Crippen LogP contribution in [0.2, 0.25) is 0 Å². The van der Waals surface area contributed by atoms with Crippen LogP contribution in [0.5, 0.6) is 0 Å². The van der Waals surface area contributed by atoms with E-state index in [2.05, 4.69) is 10.2 Å². The van der Waals surface area contributed by atoms with E-state index in [0.29, 0.717) is 0 Å². The molecular formula is C10H21N3. The van der Waals surface area contributed by atoms with E-state index in [-0.39, 0.29) is 0 Å². The molecule has 2 fully saturated rings. The minimum atomic E-state index is 0.776. The van der Waals surface area contributed by atoms with Gasteiger partial charge in [-0.15, -0.1) is 0 Å². The molecule has 3 nitrogen and oxygen atoms in total. The highest BCUT2D eigenvalue weighted by Crippen LogP contribution is 2.36. The lowest BCUT2D eigenvalue weighted by atomic mass is 10.0. The second-order valence-corrected chi connectivity index (χ2v) is 4.38. The zero-order valence-electron chi connectivity index (χ0n) is 8.34. The predicted octanol–water partition coefficient (Wildman–Crippen LogP) is -0.123. The first-order valence-electron chi connectivity index (χ1n) is 5.53. The SMILES string of the molecule is NCC(CN1CCNCC1)C1CC1. The van der Waals surface area contributed by atoms with Crippen LogP contribution in [0, 0.1) is 11.8 Å². The van der Waals surface area contributed by atoms with E-state index in [1.165, 1.54) is 32.5 Å². The van der Waals surface area contributed by atoms with Crippen molar-refractivity contribution in [1.29, 1.82) is 0 Å². The van der Waals surface area contributed by atoms with Crippen LogP contribution in [0.4, 0.5) is 0 Å². The molecule has 0 aromatic rings. The molecule has 0 spiro atoms. The van der Waals surface area contributed by atoms with E-state index in [9.17, 15) is 0 Å². The monoisotopic (exact) mass is 183 g/mol. The summed E-state index contributed by atoms with van der Waals surface area (Å²) in [7, 11) is 0. The quantitative estimate of drug-likeness (QED) is 0.638. The minimum absolute atomic E-state index is 0.776. The van der Waals surface area contributed by atoms with Crippen LogP contribution >= 0.6 is 0 Å². The number of hydrogen-bond acceptors (Lipinski definition) is 3. The lowest BCUT2D eigenvalue weighted by Gasteiger charge is -2.30. The molecule has 3 heteroatoms. The third-order valence-electron chi connectivity index (χ3n) is 3.29. The molecule has 0 amide bonds. The summed E-state index contributed by atoms with van der Waals surface area (Å²) in [6.45, 7) is 6.85. The maximum atomic E-state index is 5.79. The molecule has 0 radical (unpaired) electrons. The largest absolute Gasteiger partial charge is 0.330 e. The fourth-order valence-corrected chi connectivity index (χ4v) is 2.21. The fraction of sp³-hybridized carbons (Fsp3) is 1.00. The number of nitrogens with zero attached hydrogens (tertiary/aromatic N) is 1. The van der Waals surface area contributed by atoms with Gasteiger partial charge in [-0.05, 0) is 31.2 Å². The van der Waals surface area contributed by atoms with Crippen LogP contribution in [-0.2, 0) is 0 Å². The van der Waals surface area contributed by atoms with Crippen molar-refractivity contribution in [3.8, 4) is 0 Å². The van der Waals surface area contributed by atoms with Gasteiger partial charge >= 0.3 is 0 Å². The molecule has 1 unspecified atom stereocenters. The molecule has 76 valence electrons. The van der Waals surface area contributed by atoms with Gasteiger partial charge in [-0.1, -0.05) is 0 Å². The topological polar surface area (TPSA) is 41.3 Å². The summed E-state index contributed by atoms with van der Waals surface area (Å²) >= 11 is 0. The third-order valence-corrected chi connectivity index (χ3v) is 3.29. The molecule has 0 aromatic heterocycles. The molecule has 13 heavy (non-hydrogen) atoms. The lowest BCUT2D eigenvalue weighted by Crippen LogP contribution is -2.46. The Hall–Kier alpha value is -0.120. The Bertz CT molecular complexity index is 150. The Morgan fingerprint density at radius 1 is 1.31 bits per heavy atom. The third kappa shape index (κ3) is 2.66. The Balaban J connectivity index is 1.73. The summed E-state index contributed by atoms with van der Waals surface area (Å²) in [5.41, 5.74) is 5.79. The Labute approximate surface area is 80.7 Å². The normalized spacial score (nSPS) is 27.5. The van der Waals surface area contributed by atoms with Gasteiger partial charge < -0.3 is 16.0 Å². The van der Waals surface area contributed by atoms with Gasteiger partial charge in [0.05, 0.1) is 0 Å². The van der Waals surface area contributed by atoms with Crippen LogP contribution in [0.25, 0.3) is 0 Å². The molecule has 2 rings (SSSR count). The average Bonchev–Trinajstić information content (AvgIpc) is 2.99. The zero-order valence-corrected chi connectivity index (χ0v) is 8.34. The van der Waals surface area contributed by atoms with E-state index in [0.717, 1.165) is 31.5 Å². The maximum Gasteiger partial charge on any atom is 0.0107 e. The number of rotatable bonds is 4. The Morgan fingerprint density at radius 2 is 2.00 bits per heavy atom. The van der Waals surface area contributed by atoms with E-state index < -0.39 is 0 Å². The van der Waals surface area contributed by atoms with Crippen molar-refractivity contribution >= 4 is 0 Å². The highest BCUT2D eigenvalue weighted by molar-refractivity contribution is 4.84. The van der Waals surface area contributed by atoms with Crippen LogP contribution < -0.4 is 11.1 Å². The summed E-state index contributed by atoms with van der Waals surface area (Å²) in [5, 5.41) is 3.38. The van der Waals surface area contributed by atoms with Crippen LogP contribution in [0.3, 0.4) is 0 Å². The van der Waals surface area contributed by atoms with Gasteiger partial charge in [-0.3, -0.25) is 0 Å². The van der Waals surface area contributed by atoms with Gasteiger partial charge in [0.25, 0.3) is 0 Å². The molecule has 1 aliphatic heterocycles. The van der Waals surface area contributed by atoms with Crippen molar-refractivity contribution < 1.29 is 0 Å². The van der Waals surface area contributed by atoms with Crippen LogP contribution in [0.15, 0.2) is 0 Å². The fourth-order valence-electron chi connectivity index (χ4n) is 2.21. The van der Waals surface area contributed by atoms with Gasteiger partial charge in [-0.25, -0.2) is 0 Å². The standard InChI is InChI=1S/C10H21N3/c11-7-10(9-1-2-9)8-13-5-3-12-4-6-13/h9-10,12H,1-8,11H2. The van der Waals surface area contributed by atoms with Gasteiger partial charge in [0.1, 0.15) is 0 Å². The molecule has 1 aliphatic carbocycles. The maximum absolute atomic E-state index is 5.79. The molecule has 1 saturated carbocycles. The lowest BCUT2D eigenvalue weighted by molar-refractivity contribution is 0.198. The summed E-state index contributed by atoms with van der Waals surface area (Å²) in [5.74, 6) is 1.73. The average molecular weight is 183 g/mol. The summed E-state index contributed by atoms with van der Waals surface area (Å²) < 4.78 is 0. The van der Waals surface area contributed by atoms with Crippen molar-refractivity contribution in [3.05, 3.63) is 0 Å². The van der Waals surface area contributed by atoms with Gasteiger partial charge in [-0.2, -0.15) is 0 Å². The van der Waals surface area contributed by atoms with E-state index in [1.807, 2.05) is 0 Å². The molecule has 2 aliphatic rings. The van der Waals surface area contributed by atoms with Crippen LogP contribution in [-0.4, -0.2) is 44.2 Å². The smallest absolute Gasteiger partial charge is 0.0107 e. The Kier molecular flexibility index (Phi) is 3.19. The molecule has 1 heterocycles. The highest BCUT2D eigenvalue weighted by atomic mass is 15.2. The highest BCUT2D eigenvalue weighted by Gasteiger charge is 2.31. The molecule has 1 saturated heterocycles. The van der Waals surface area contributed by atoms with Gasteiger partial charge in [0.2, 0.25) is 0 Å². The number of nitrogens with two attached hydrogens (primary N) is 1. The molecular weight excluding hydrogens is 162 g/mol. The van der Waals surface area contributed by atoms with E-state index >= 15 is 0 Å². The molecule has 0 aromatic carbocycles. The first kappa shape index (κ1) is 9.44. The van der Waals surface area contributed by atoms with Crippen molar-refractivity contribution in [3.63, 3.8) is 0 Å². The second-order valence-electron chi connectivity index (χ2n) is 4.38. The predicted molar refractivity (Wildman–Crippen MR) is 54.6 cm³/mol. The van der Waals surface area contributed by atoms with Crippen molar-refractivity contribution in [2.24, 2.45) is 17.6 Å². The van der Waals surface area contributed by atoms with Gasteiger partial charge in [0, 0.05) is 32.7 Å². The summed E-state index contributed by atoms with van der Waals surface area (Å²) in [6.07, 6.45) is 2.85. The molecule has 1 atom stereocenters. The van der Waals surface area contributed by atoms with E-state index in [4.69, 9.17) is 5.73 Å². The molecule has 3 N–H and O–H groups in total. The summed E-state index contributed by atoms with van der Waals surface area (Å²) in [4.78, 5) is 2.56. The minimum Gasteiger partial charge on any atom is -0.330 e. The number of nitrogens with one attached hydrogen (secondary N) is 1.